The molecule has 1 saturated heterocycles. The fourth-order valence-corrected chi connectivity index (χ4v) is 5.42. The zero-order valence-electron chi connectivity index (χ0n) is 19.2. The molecule has 32 heavy (non-hydrogen) atoms. The lowest BCUT2D eigenvalue weighted by Gasteiger charge is -2.34. The molecule has 1 unspecified atom stereocenters. The van der Waals surface area contributed by atoms with Crippen LogP contribution < -0.4 is 0 Å². The minimum atomic E-state index is 0.314. The Morgan fingerprint density at radius 2 is 2.06 bits per heavy atom. The van der Waals surface area contributed by atoms with Gasteiger partial charge in [0.15, 0.2) is 0 Å². The summed E-state index contributed by atoms with van der Waals surface area (Å²) < 4.78 is 8.95. The summed E-state index contributed by atoms with van der Waals surface area (Å²) in [5, 5.41) is 0. The SMILES string of the molecule is COCCCn1c(C2CCCN(C(=O)CCCc3ccc(Br)cc3)C2)cc2c1CCC=C2. The Bertz CT molecular complexity index is 932. The number of carbonyl (C=O) groups is 1. The van der Waals surface area contributed by atoms with E-state index in [0.717, 1.165) is 69.2 Å². The van der Waals surface area contributed by atoms with Gasteiger partial charge in [0.1, 0.15) is 0 Å². The summed E-state index contributed by atoms with van der Waals surface area (Å²) >= 11 is 3.48. The summed E-state index contributed by atoms with van der Waals surface area (Å²) in [5.41, 5.74) is 5.56. The van der Waals surface area contributed by atoms with Crippen LogP contribution in [-0.4, -0.2) is 42.2 Å². The summed E-state index contributed by atoms with van der Waals surface area (Å²) in [6.07, 6.45) is 12.6. The Balaban J connectivity index is 1.38. The minimum absolute atomic E-state index is 0.314. The van der Waals surface area contributed by atoms with E-state index in [1.54, 1.807) is 7.11 Å². The lowest BCUT2D eigenvalue weighted by molar-refractivity contribution is -0.132. The van der Waals surface area contributed by atoms with Crippen LogP contribution in [0.1, 0.15) is 67.0 Å². The molecular weight excluding hydrogens is 464 g/mol. The van der Waals surface area contributed by atoms with Gasteiger partial charge >= 0.3 is 0 Å². The number of methoxy groups -OCH3 is 1. The molecular formula is C27H35BrN2O2. The van der Waals surface area contributed by atoms with Crippen LogP contribution in [0.3, 0.4) is 0 Å². The van der Waals surface area contributed by atoms with E-state index < -0.39 is 0 Å². The van der Waals surface area contributed by atoms with Gasteiger partial charge in [0.2, 0.25) is 5.91 Å². The van der Waals surface area contributed by atoms with E-state index in [-0.39, 0.29) is 0 Å². The molecule has 0 spiro atoms. The highest BCUT2D eigenvalue weighted by molar-refractivity contribution is 9.10. The predicted octanol–water partition coefficient (Wildman–Crippen LogP) is 5.98. The van der Waals surface area contributed by atoms with E-state index >= 15 is 0 Å². The van der Waals surface area contributed by atoms with Crippen LogP contribution in [0.25, 0.3) is 6.08 Å². The molecule has 1 atom stereocenters. The second kappa shape index (κ2) is 11.3. The monoisotopic (exact) mass is 498 g/mol. The first kappa shape index (κ1) is 23.3. The Morgan fingerprint density at radius 1 is 1.22 bits per heavy atom. The molecule has 4 rings (SSSR count). The van der Waals surface area contributed by atoms with Crippen molar-refractivity contribution in [3.8, 4) is 0 Å². The Labute approximate surface area is 200 Å². The van der Waals surface area contributed by atoms with Crippen molar-refractivity contribution < 1.29 is 9.53 Å². The van der Waals surface area contributed by atoms with Gasteiger partial charge in [0.05, 0.1) is 0 Å². The number of rotatable bonds is 9. The van der Waals surface area contributed by atoms with Crippen LogP contribution in [0.4, 0.5) is 0 Å². The molecule has 2 aromatic rings. The van der Waals surface area contributed by atoms with Crippen molar-refractivity contribution in [3.05, 3.63) is 63.4 Å². The van der Waals surface area contributed by atoms with E-state index in [9.17, 15) is 4.79 Å². The van der Waals surface area contributed by atoms with Gasteiger partial charge in [-0.25, -0.2) is 0 Å². The number of nitrogens with zero attached hydrogens (tertiary/aromatic N) is 2. The zero-order chi connectivity index (χ0) is 22.3. The van der Waals surface area contributed by atoms with Crippen molar-refractivity contribution in [1.82, 2.24) is 9.47 Å². The topological polar surface area (TPSA) is 34.5 Å². The lowest BCUT2D eigenvalue weighted by atomic mass is 9.93. The highest BCUT2D eigenvalue weighted by atomic mass is 79.9. The molecule has 1 aliphatic carbocycles. The van der Waals surface area contributed by atoms with E-state index in [1.165, 1.54) is 28.9 Å². The summed E-state index contributed by atoms with van der Waals surface area (Å²) in [4.78, 5) is 15.1. The quantitative estimate of drug-likeness (QED) is 0.398. The maximum Gasteiger partial charge on any atom is 0.222 e. The van der Waals surface area contributed by atoms with Crippen LogP contribution in [0.5, 0.6) is 0 Å². The summed E-state index contributed by atoms with van der Waals surface area (Å²) in [6.45, 7) is 3.55. The van der Waals surface area contributed by atoms with Gasteiger partial charge in [-0.3, -0.25) is 4.79 Å². The highest BCUT2D eigenvalue weighted by Gasteiger charge is 2.28. The van der Waals surface area contributed by atoms with E-state index in [1.807, 2.05) is 0 Å². The van der Waals surface area contributed by atoms with Crippen LogP contribution in [-0.2, 0) is 28.9 Å². The van der Waals surface area contributed by atoms with Gasteiger partial charge in [-0.05, 0) is 74.3 Å². The van der Waals surface area contributed by atoms with E-state index in [4.69, 9.17) is 4.74 Å². The lowest BCUT2D eigenvalue weighted by Crippen LogP contribution is -2.39. The largest absolute Gasteiger partial charge is 0.385 e. The Kier molecular flexibility index (Phi) is 8.26. The van der Waals surface area contributed by atoms with E-state index in [0.29, 0.717) is 18.2 Å². The molecule has 172 valence electrons. The van der Waals surface area contributed by atoms with Crippen molar-refractivity contribution in [2.75, 3.05) is 26.8 Å². The van der Waals surface area contributed by atoms with Crippen LogP contribution >= 0.6 is 15.9 Å². The first-order valence-electron chi connectivity index (χ1n) is 12.1. The van der Waals surface area contributed by atoms with Gasteiger partial charge < -0.3 is 14.2 Å². The number of ether oxygens (including phenoxy) is 1. The first-order valence-corrected chi connectivity index (χ1v) is 12.8. The average Bonchev–Trinajstić information content (AvgIpc) is 3.19. The Morgan fingerprint density at radius 3 is 2.88 bits per heavy atom. The van der Waals surface area contributed by atoms with E-state index in [2.05, 4.69) is 67.9 Å². The number of benzene rings is 1. The number of likely N-dealkylation sites (tertiary alicyclic amines) is 1. The summed E-state index contributed by atoms with van der Waals surface area (Å²) in [5.74, 6) is 0.745. The minimum Gasteiger partial charge on any atom is -0.385 e. The molecule has 1 aliphatic heterocycles. The molecule has 1 fully saturated rings. The number of aromatic nitrogens is 1. The third-order valence-electron chi connectivity index (χ3n) is 6.81. The molecule has 1 aromatic carbocycles. The number of halogens is 1. The highest BCUT2D eigenvalue weighted by Crippen LogP contribution is 2.33. The molecule has 0 bridgehead atoms. The van der Waals surface area contributed by atoms with Gasteiger partial charge in [-0.2, -0.15) is 0 Å². The molecule has 2 heterocycles. The number of hydrogen-bond donors (Lipinski definition) is 0. The molecule has 0 saturated carbocycles. The third-order valence-corrected chi connectivity index (χ3v) is 7.34. The summed E-state index contributed by atoms with van der Waals surface area (Å²) in [6, 6.07) is 10.8. The fourth-order valence-electron chi connectivity index (χ4n) is 5.15. The standard InChI is InChI=1S/C27H35BrN2O2/c1-32-18-6-17-30-25-10-3-2-8-22(25)19-26(30)23-9-5-16-29(20-23)27(31)11-4-7-21-12-14-24(28)15-13-21/h2,8,12-15,19,23H,3-7,9-11,16-18,20H2,1H3. The van der Waals surface area contributed by atoms with Gasteiger partial charge in [0, 0.05) is 61.6 Å². The molecule has 2 aliphatic rings. The number of carbonyl (C=O) groups excluding carboxylic acids is 1. The second-order valence-electron chi connectivity index (χ2n) is 9.07. The molecule has 1 amide bonds. The molecule has 1 aromatic heterocycles. The van der Waals surface area contributed by atoms with Crippen LogP contribution in [0.2, 0.25) is 0 Å². The van der Waals surface area contributed by atoms with Gasteiger partial charge in [-0.15, -0.1) is 0 Å². The summed E-state index contributed by atoms with van der Waals surface area (Å²) in [7, 11) is 1.77. The normalized spacial score (nSPS) is 18.1. The second-order valence-corrected chi connectivity index (χ2v) is 9.98. The average molecular weight is 499 g/mol. The van der Waals surface area contributed by atoms with Crippen molar-refractivity contribution in [2.45, 2.75) is 63.8 Å². The van der Waals surface area contributed by atoms with Gasteiger partial charge in [-0.1, -0.05) is 40.2 Å². The smallest absolute Gasteiger partial charge is 0.222 e. The van der Waals surface area contributed by atoms with Crippen LogP contribution in [0, 0.1) is 0 Å². The number of amides is 1. The first-order chi connectivity index (χ1) is 15.7. The number of allylic oxidation sites excluding steroid dienone is 1. The zero-order valence-corrected chi connectivity index (χ0v) is 20.8. The van der Waals surface area contributed by atoms with Crippen molar-refractivity contribution in [3.63, 3.8) is 0 Å². The molecule has 0 N–H and O–H groups in total. The molecule has 0 radical (unpaired) electrons. The number of aryl methyl sites for hydroxylation is 1. The fraction of sp³-hybridized carbons (Fsp3) is 0.519. The Hall–Kier alpha value is -1.85. The number of fused-ring (bicyclic) bond motifs is 1. The third kappa shape index (κ3) is 5.74. The molecule has 5 heteroatoms. The van der Waals surface area contributed by atoms with Crippen molar-refractivity contribution >= 4 is 27.9 Å². The molecule has 4 nitrogen and oxygen atoms in total. The van der Waals surface area contributed by atoms with Crippen molar-refractivity contribution in [1.29, 1.82) is 0 Å². The maximum absolute atomic E-state index is 13.0. The number of piperidine rings is 1. The predicted molar refractivity (Wildman–Crippen MR) is 134 cm³/mol. The number of hydrogen-bond acceptors (Lipinski definition) is 2. The maximum atomic E-state index is 13.0. The van der Waals surface area contributed by atoms with Crippen molar-refractivity contribution in [2.24, 2.45) is 0 Å². The van der Waals surface area contributed by atoms with Gasteiger partial charge in [0.25, 0.3) is 0 Å². The van der Waals surface area contributed by atoms with Crippen LogP contribution in [0.15, 0.2) is 40.9 Å².